The fourth-order valence-corrected chi connectivity index (χ4v) is 3.52. The van der Waals surface area contributed by atoms with E-state index in [1.54, 1.807) is 4.90 Å². The van der Waals surface area contributed by atoms with Crippen molar-refractivity contribution in [2.24, 2.45) is 0 Å². The van der Waals surface area contributed by atoms with Gasteiger partial charge in [-0.2, -0.15) is 0 Å². The maximum absolute atomic E-state index is 11.9. The second-order valence-electron chi connectivity index (χ2n) is 8.62. The van der Waals surface area contributed by atoms with E-state index in [0.717, 1.165) is 25.3 Å². The highest BCUT2D eigenvalue weighted by molar-refractivity contribution is 5.69. The lowest BCUT2D eigenvalue weighted by atomic mass is 9.97. The number of carbonyl (C=O) groups is 1. The average molecular weight is 376 g/mol. The van der Waals surface area contributed by atoms with Gasteiger partial charge in [-0.25, -0.2) is 9.78 Å². The van der Waals surface area contributed by atoms with Crippen LogP contribution in [0.2, 0.25) is 0 Å². The number of likely N-dealkylation sites (tertiary alicyclic amines) is 1. The number of hydrogen-bond donors (Lipinski definition) is 1. The van der Waals surface area contributed by atoms with Gasteiger partial charge in [0.25, 0.3) is 0 Å². The molecule has 1 aromatic rings. The molecule has 150 valence electrons. The molecule has 0 spiro atoms. The van der Waals surface area contributed by atoms with Crippen LogP contribution in [0.25, 0.3) is 0 Å². The number of amides is 1. The second kappa shape index (κ2) is 8.91. The number of hydrogen-bond acceptors (Lipinski definition) is 5. The van der Waals surface area contributed by atoms with Crippen LogP contribution in [0.3, 0.4) is 0 Å². The molecule has 1 fully saturated rings. The zero-order chi connectivity index (χ0) is 19.3. The number of aryl methyl sites for hydroxylation is 1. The molecule has 3 rings (SSSR count). The van der Waals surface area contributed by atoms with E-state index in [1.165, 1.54) is 31.2 Å². The number of ether oxygens (including phenoxy) is 2. The molecule has 6 nitrogen and oxygen atoms in total. The normalized spacial score (nSPS) is 19.8. The maximum atomic E-state index is 11.9. The van der Waals surface area contributed by atoms with Gasteiger partial charge in [-0.1, -0.05) is 18.9 Å². The van der Waals surface area contributed by atoms with Crippen molar-refractivity contribution in [3.8, 4) is 0 Å². The Hall–Kier alpha value is -1.82. The van der Waals surface area contributed by atoms with Crippen molar-refractivity contribution < 1.29 is 14.3 Å². The van der Waals surface area contributed by atoms with Crippen LogP contribution in [0.1, 0.15) is 58.4 Å². The zero-order valence-electron chi connectivity index (χ0n) is 16.9. The highest BCUT2D eigenvalue weighted by Gasteiger charge is 2.34. The van der Waals surface area contributed by atoms with Gasteiger partial charge in [-0.3, -0.25) is 0 Å². The van der Waals surface area contributed by atoms with Gasteiger partial charge >= 0.3 is 6.09 Å². The third-order valence-electron chi connectivity index (χ3n) is 5.04. The van der Waals surface area contributed by atoms with Gasteiger partial charge < -0.3 is 19.7 Å². The summed E-state index contributed by atoms with van der Waals surface area (Å²) in [4.78, 5) is 18.0. The van der Waals surface area contributed by atoms with Crippen LogP contribution < -0.4 is 5.32 Å². The zero-order valence-corrected chi connectivity index (χ0v) is 16.9. The van der Waals surface area contributed by atoms with Crippen LogP contribution in [0.4, 0.5) is 10.6 Å². The van der Waals surface area contributed by atoms with Gasteiger partial charge in [0, 0.05) is 18.8 Å². The van der Waals surface area contributed by atoms with Crippen molar-refractivity contribution in [1.29, 1.82) is 0 Å². The topological polar surface area (TPSA) is 63.7 Å². The number of carbonyl (C=O) groups excluding carboxylic acids is 1. The van der Waals surface area contributed by atoms with Gasteiger partial charge in [-0.05, 0) is 58.1 Å². The standard InChI is InChI=1S/C21H33N3O3/c1-21(2,3)27-20(25)24-14-18(15-24)26-13-6-4-5-9-17-11-10-16-8-7-12-22-19(16)23-17/h7-8,12,17-18H,4-6,9-11,13-15H2,1-3H3,(H,22,23). The fourth-order valence-electron chi connectivity index (χ4n) is 3.52. The van der Waals surface area contributed by atoms with Crippen LogP contribution in [0.5, 0.6) is 0 Å². The highest BCUT2D eigenvalue weighted by atomic mass is 16.6. The molecule has 1 aromatic heterocycles. The van der Waals surface area contributed by atoms with Gasteiger partial charge in [0.15, 0.2) is 0 Å². The monoisotopic (exact) mass is 375 g/mol. The van der Waals surface area contributed by atoms with Gasteiger partial charge in [0.1, 0.15) is 11.4 Å². The Morgan fingerprint density at radius 1 is 1.30 bits per heavy atom. The number of aromatic nitrogens is 1. The van der Waals surface area contributed by atoms with E-state index in [4.69, 9.17) is 9.47 Å². The minimum absolute atomic E-state index is 0.167. The first-order valence-electron chi connectivity index (χ1n) is 10.2. The number of anilines is 1. The van der Waals surface area contributed by atoms with Crippen LogP contribution in [-0.2, 0) is 15.9 Å². The number of fused-ring (bicyclic) bond motifs is 1. The lowest BCUT2D eigenvalue weighted by Gasteiger charge is -2.39. The summed E-state index contributed by atoms with van der Waals surface area (Å²) in [6.45, 7) is 7.72. The van der Waals surface area contributed by atoms with Crippen molar-refractivity contribution in [3.63, 3.8) is 0 Å². The Bertz CT molecular complexity index is 623. The maximum Gasteiger partial charge on any atom is 0.410 e. The van der Waals surface area contributed by atoms with E-state index in [9.17, 15) is 4.79 Å². The summed E-state index contributed by atoms with van der Waals surface area (Å²) in [6, 6.07) is 4.71. The highest BCUT2D eigenvalue weighted by Crippen LogP contribution is 2.24. The third kappa shape index (κ3) is 6.09. The molecule has 1 N–H and O–H groups in total. The Morgan fingerprint density at radius 2 is 2.11 bits per heavy atom. The first kappa shape index (κ1) is 19.9. The lowest BCUT2D eigenvalue weighted by Crippen LogP contribution is -2.55. The molecular formula is C21H33N3O3. The van der Waals surface area contributed by atoms with Gasteiger partial charge in [-0.15, -0.1) is 0 Å². The van der Waals surface area contributed by atoms with Crippen molar-refractivity contribution in [2.75, 3.05) is 25.0 Å². The molecule has 3 heterocycles. The molecule has 0 aromatic carbocycles. The van der Waals surface area contributed by atoms with Crippen LogP contribution in [0, 0.1) is 0 Å². The number of nitrogens with zero attached hydrogens (tertiary/aromatic N) is 2. The molecule has 27 heavy (non-hydrogen) atoms. The molecule has 0 saturated carbocycles. The van der Waals surface area contributed by atoms with Crippen molar-refractivity contribution in [2.45, 2.75) is 77.0 Å². The largest absolute Gasteiger partial charge is 0.444 e. The summed E-state index contributed by atoms with van der Waals surface area (Å²) in [5.74, 6) is 1.07. The predicted molar refractivity (Wildman–Crippen MR) is 106 cm³/mol. The SMILES string of the molecule is CC(C)(C)OC(=O)N1CC(OCCCCCC2CCc3cccnc3N2)C1. The van der Waals surface area contributed by atoms with E-state index >= 15 is 0 Å². The molecule has 0 aliphatic carbocycles. The van der Waals surface area contributed by atoms with Crippen LogP contribution in [0.15, 0.2) is 18.3 Å². The first-order valence-corrected chi connectivity index (χ1v) is 10.2. The van der Waals surface area contributed by atoms with Gasteiger partial charge in [0.2, 0.25) is 0 Å². The van der Waals surface area contributed by atoms with Crippen LogP contribution >= 0.6 is 0 Å². The van der Waals surface area contributed by atoms with Crippen molar-refractivity contribution >= 4 is 11.9 Å². The number of nitrogens with one attached hydrogen (secondary N) is 1. The molecular weight excluding hydrogens is 342 g/mol. The van der Waals surface area contributed by atoms with Crippen LogP contribution in [-0.4, -0.2) is 53.4 Å². The Labute approximate surface area is 162 Å². The minimum atomic E-state index is -0.436. The molecule has 1 atom stereocenters. The Balaban J connectivity index is 1.20. The summed E-state index contributed by atoms with van der Waals surface area (Å²) >= 11 is 0. The molecule has 2 aliphatic heterocycles. The van der Waals surface area contributed by atoms with Crippen molar-refractivity contribution in [1.82, 2.24) is 9.88 Å². The molecule has 1 saturated heterocycles. The molecule has 2 aliphatic rings. The number of rotatable bonds is 7. The van der Waals surface area contributed by atoms with E-state index in [0.29, 0.717) is 19.1 Å². The Morgan fingerprint density at radius 3 is 2.89 bits per heavy atom. The molecule has 1 unspecified atom stereocenters. The summed E-state index contributed by atoms with van der Waals surface area (Å²) < 4.78 is 11.2. The smallest absolute Gasteiger partial charge is 0.410 e. The summed E-state index contributed by atoms with van der Waals surface area (Å²) in [5.41, 5.74) is 0.900. The molecule has 1 amide bonds. The van der Waals surface area contributed by atoms with Crippen molar-refractivity contribution in [3.05, 3.63) is 23.9 Å². The molecule has 0 radical (unpaired) electrons. The van der Waals surface area contributed by atoms with Gasteiger partial charge in [0.05, 0.1) is 19.2 Å². The molecule has 0 bridgehead atoms. The molecule has 6 heteroatoms. The first-order chi connectivity index (χ1) is 12.9. The summed E-state index contributed by atoms with van der Waals surface area (Å²) in [6.07, 6.45) is 8.75. The van der Waals surface area contributed by atoms with E-state index < -0.39 is 5.60 Å². The van der Waals surface area contributed by atoms with E-state index in [2.05, 4.69) is 16.4 Å². The fraction of sp³-hybridized carbons (Fsp3) is 0.714. The Kier molecular flexibility index (Phi) is 6.58. The number of pyridine rings is 1. The quantitative estimate of drug-likeness (QED) is 0.730. The second-order valence-corrected chi connectivity index (χ2v) is 8.62. The average Bonchev–Trinajstić information content (AvgIpc) is 2.57. The minimum Gasteiger partial charge on any atom is -0.444 e. The predicted octanol–water partition coefficient (Wildman–Crippen LogP) is 4.00. The summed E-state index contributed by atoms with van der Waals surface area (Å²) in [7, 11) is 0. The lowest BCUT2D eigenvalue weighted by molar-refractivity contribution is -0.0637. The van der Waals surface area contributed by atoms with E-state index in [-0.39, 0.29) is 12.2 Å². The summed E-state index contributed by atoms with van der Waals surface area (Å²) in [5, 5.41) is 3.56. The number of unbranched alkanes of at least 4 members (excludes halogenated alkanes) is 2. The van der Waals surface area contributed by atoms with E-state index in [1.807, 2.05) is 33.0 Å². The third-order valence-corrected chi connectivity index (χ3v) is 5.04.